The number of alkyl halides is 3. The number of aromatic nitrogens is 5. The van der Waals surface area contributed by atoms with Crippen molar-refractivity contribution in [1.29, 1.82) is 0 Å². The minimum Gasteiger partial charge on any atom is -0.481 e. The van der Waals surface area contributed by atoms with E-state index < -0.39 is 11.7 Å². The Kier molecular flexibility index (Phi) is 3.68. The number of methoxy groups -OCH3 is 1. The van der Waals surface area contributed by atoms with Crippen molar-refractivity contribution in [1.82, 2.24) is 25.0 Å². The summed E-state index contributed by atoms with van der Waals surface area (Å²) in [5, 5.41) is 7.76. The molecule has 1 aromatic carbocycles. The third kappa shape index (κ3) is 3.12. The van der Waals surface area contributed by atoms with Gasteiger partial charge >= 0.3 is 6.18 Å². The van der Waals surface area contributed by atoms with E-state index in [1.807, 2.05) is 0 Å². The van der Waals surface area contributed by atoms with Gasteiger partial charge in [0.1, 0.15) is 12.0 Å². The van der Waals surface area contributed by atoms with Crippen molar-refractivity contribution < 1.29 is 17.9 Å². The molecule has 0 aliphatic rings. The highest BCUT2D eigenvalue weighted by molar-refractivity contribution is 5.59. The maximum Gasteiger partial charge on any atom is 0.416 e. The Morgan fingerprint density at radius 1 is 1.13 bits per heavy atom. The average molecular weight is 321 g/mol. The Bertz CT molecular complexity index is 831. The van der Waals surface area contributed by atoms with Crippen LogP contribution >= 0.6 is 0 Å². The van der Waals surface area contributed by atoms with Gasteiger partial charge < -0.3 is 4.74 Å². The summed E-state index contributed by atoms with van der Waals surface area (Å²) in [7, 11) is 1.46. The van der Waals surface area contributed by atoms with Crippen molar-refractivity contribution in [2.24, 2.45) is 0 Å². The van der Waals surface area contributed by atoms with Crippen molar-refractivity contribution in [3.8, 4) is 23.0 Å². The normalized spacial score (nSPS) is 11.5. The zero-order valence-electron chi connectivity index (χ0n) is 11.8. The summed E-state index contributed by atoms with van der Waals surface area (Å²) in [5.74, 6) is 0.730. The second-order valence-corrected chi connectivity index (χ2v) is 4.55. The molecule has 9 heteroatoms. The molecule has 0 saturated heterocycles. The molecule has 0 bridgehead atoms. The molecule has 0 amide bonds. The minimum atomic E-state index is -4.41. The van der Waals surface area contributed by atoms with E-state index in [-0.39, 0.29) is 0 Å². The Labute approximate surface area is 128 Å². The van der Waals surface area contributed by atoms with Crippen LogP contribution < -0.4 is 4.74 Å². The average Bonchev–Trinajstić information content (AvgIpc) is 3.04. The van der Waals surface area contributed by atoms with Crippen LogP contribution in [0.25, 0.3) is 17.1 Å². The van der Waals surface area contributed by atoms with Crippen molar-refractivity contribution in [2.45, 2.75) is 6.18 Å². The highest BCUT2D eigenvalue weighted by atomic mass is 19.4. The van der Waals surface area contributed by atoms with E-state index in [1.54, 1.807) is 0 Å². The smallest absolute Gasteiger partial charge is 0.416 e. The minimum absolute atomic E-state index is 0.300. The first-order valence-corrected chi connectivity index (χ1v) is 6.44. The molecule has 0 N–H and O–H groups in total. The summed E-state index contributed by atoms with van der Waals surface area (Å²) in [5.41, 5.74) is -0.131. The number of hydrogen-bond donors (Lipinski definition) is 0. The first kappa shape index (κ1) is 14.9. The molecule has 0 aliphatic heterocycles. The summed E-state index contributed by atoms with van der Waals surface area (Å²) in [6.45, 7) is 0. The van der Waals surface area contributed by atoms with Crippen LogP contribution in [0.3, 0.4) is 0 Å². The number of ether oxygens (including phenoxy) is 1. The lowest BCUT2D eigenvalue weighted by atomic mass is 10.1. The maximum atomic E-state index is 12.8. The molecular formula is C14H10F3N5O. The lowest BCUT2D eigenvalue weighted by Crippen LogP contribution is -2.04. The fourth-order valence-electron chi connectivity index (χ4n) is 1.93. The van der Waals surface area contributed by atoms with Gasteiger partial charge in [0.25, 0.3) is 0 Å². The molecule has 118 valence electrons. The quantitative estimate of drug-likeness (QED) is 0.742. The fourth-order valence-corrected chi connectivity index (χ4v) is 1.93. The molecule has 0 fully saturated rings. The molecule has 0 radical (unpaired) electrons. The summed E-state index contributed by atoms with van der Waals surface area (Å²) < 4.78 is 44.6. The van der Waals surface area contributed by atoms with Crippen molar-refractivity contribution in [3.63, 3.8) is 0 Å². The number of benzene rings is 1. The molecule has 3 aromatic rings. The van der Waals surface area contributed by atoms with E-state index in [1.165, 1.54) is 42.5 Å². The molecule has 23 heavy (non-hydrogen) atoms. The zero-order valence-corrected chi connectivity index (χ0v) is 11.8. The lowest BCUT2D eigenvalue weighted by Gasteiger charge is -2.07. The van der Waals surface area contributed by atoms with Gasteiger partial charge in [0.2, 0.25) is 5.88 Å². The molecule has 3 rings (SSSR count). The second-order valence-electron chi connectivity index (χ2n) is 4.55. The molecule has 0 atom stereocenters. The molecule has 6 nitrogen and oxygen atoms in total. The molecule has 0 saturated carbocycles. The molecule has 2 aromatic heterocycles. The number of rotatable bonds is 3. The van der Waals surface area contributed by atoms with Crippen molar-refractivity contribution >= 4 is 0 Å². The monoisotopic (exact) mass is 321 g/mol. The third-order valence-electron chi connectivity index (χ3n) is 3.05. The number of hydrogen-bond acceptors (Lipinski definition) is 5. The Morgan fingerprint density at radius 3 is 2.70 bits per heavy atom. The largest absolute Gasteiger partial charge is 0.481 e. The SMILES string of the molecule is COc1cc(-n2cc(-c3cccc(C(F)(F)F)c3)nn2)ncn1. The standard InChI is InChI=1S/C14H10F3N5O/c1-23-13-6-12(18-8-19-13)22-7-11(20-21-22)9-3-2-4-10(5-9)14(15,16)17/h2-8H,1H3. The molecule has 2 heterocycles. The summed E-state index contributed by atoms with van der Waals surface area (Å²) in [4.78, 5) is 7.88. The van der Waals surface area contributed by atoms with E-state index in [9.17, 15) is 13.2 Å². The number of halogens is 3. The molecular weight excluding hydrogens is 311 g/mol. The topological polar surface area (TPSA) is 65.7 Å². The second kappa shape index (κ2) is 5.67. The van der Waals surface area contributed by atoms with Crippen molar-refractivity contribution in [2.75, 3.05) is 7.11 Å². The highest BCUT2D eigenvalue weighted by Crippen LogP contribution is 2.31. The van der Waals surface area contributed by atoms with Gasteiger partial charge in [-0.05, 0) is 12.1 Å². The van der Waals surface area contributed by atoms with E-state index in [2.05, 4.69) is 20.3 Å². The van der Waals surface area contributed by atoms with Crippen LogP contribution in [0.2, 0.25) is 0 Å². The van der Waals surface area contributed by atoms with Crippen LogP contribution in [0.4, 0.5) is 13.2 Å². The van der Waals surface area contributed by atoms with Crippen LogP contribution in [0.1, 0.15) is 5.56 Å². The first-order chi connectivity index (χ1) is 11.0. The summed E-state index contributed by atoms with van der Waals surface area (Å²) in [6.07, 6.45) is -1.64. The first-order valence-electron chi connectivity index (χ1n) is 6.44. The van der Waals surface area contributed by atoms with E-state index in [0.717, 1.165) is 12.1 Å². The molecule has 0 spiro atoms. The van der Waals surface area contributed by atoms with Crippen molar-refractivity contribution in [3.05, 3.63) is 48.4 Å². The van der Waals surface area contributed by atoms with Gasteiger partial charge in [0, 0.05) is 11.6 Å². The predicted molar refractivity (Wildman–Crippen MR) is 73.9 cm³/mol. The predicted octanol–water partition coefficient (Wildman–Crippen LogP) is 2.75. The third-order valence-corrected chi connectivity index (χ3v) is 3.05. The van der Waals surface area contributed by atoms with Gasteiger partial charge in [-0.2, -0.15) is 13.2 Å². The van der Waals surface area contributed by atoms with Gasteiger partial charge in [0.05, 0.1) is 18.9 Å². The van der Waals surface area contributed by atoms with Crippen LogP contribution in [0.5, 0.6) is 5.88 Å². The van der Waals surface area contributed by atoms with Gasteiger partial charge in [0.15, 0.2) is 5.82 Å². The Hall–Kier alpha value is -2.97. The van der Waals surface area contributed by atoms with Gasteiger partial charge in [-0.3, -0.25) is 0 Å². The molecule has 0 unspecified atom stereocenters. The highest BCUT2D eigenvalue weighted by Gasteiger charge is 2.30. The maximum absolute atomic E-state index is 12.8. The summed E-state index contributed by atoms with van der Waals surface area (Å²) >= 11 is 0. The Morgan fingerprint density at radius 2 is 1.96 bits per heavy atom. The van der Waals surface area contributed by atoms with Crippen LogP contribution in [0.15, 0.2) is 42.9 Å². The lowest BCUT2D eigenvalue weighted by molar-refractivity contribution is -0.137. The summed E-state index contributed by atoms with van der Waals surface area (Å²) in [6, 6.07) is 6.41. The fraction of sp³-hybridized carbons (Fsp3) is 0.143. The van der Waals surface area contributed by atoms with Gasteiger partial charge in [-0.15, -0.1) is 5.10 Å². The van der Waals surface area contributed by atoms with Crippen LogP contribution in [-0.2, 0) is 6.18 Å². The Balaban J connectivity index is 1.96. The zero-order chi connectivity index (χ0) is 16.4. The van der Waals surface area contributed by atoms with Gasteiger partial charge in [-0.1, -0.05) is 17.3 Å². The molecule has 0 aliphatic carbocycles. The van der Waals surface area contributed by atoms with E-state index in [0.29, 0.717) is 23.0 Å². The van der Waals surface area contributed by atoms with E-state index in [4.69, 9.17) is 4.74 Å². The number of nitrogens with zero attached hydrogens (tertiary/aromatic N) is 5. The van der Waals surface area contributed by atoms with Gasteiger partial charge in [-0.25, -0.2) is 14.6 Å². The van der Waals surface area contributed by atoms with Crippen LogP contribution in [0, 0.1) is 0 Å². The van der Waals surface area contributed by atoms with E-state index >= 15 is 0 Å². The van der Waals surface area contributed by atoms with Crippen LogP contribution in [-0.4, -0.2) is 32.1 Å².